The van der Waals surface area contributed by atoms with E-state index in [0.29, 0.717) is 61.8 Å². The molecule has 1 spiro atoms. The number of hydrogen-bond donors (Lipinski definition) is 5. The Bertz CT molecular complexity index is 2930. The number of aliphatic imine (C=N–C) groups is 1. The number of phenolic OH excluding ortho intramolecular Hbond substituents is 1. The molecule has 3 fully saturated rings. The second-order valence-corrected chi connectivity index (χ2v) is 25.1. The predicted octanol–water partition coefficient (Wildman–Crippen LogP) is 6.93. The number of allylic oxidation sites excluding steroid dienone is 1. The Morgan fingerprint density at radius 2 is 1.69 bits per heavy atom. The monoisotopic (exact) mass is 1030 g/mol. The van der Waals surface area contributed by atoms with Gasteiger partial charge in [0.25, 0.3) is 0 Å². The fraction of sp³-hybridized carbons (Fsp3) is 0.525. The van der Waals surface area contributed by atoms with Crippen molar-refractivity contribution in [3.05, 3.63) is 142 Å². The maximum Gasteiger partial charge on any atom is 1.00 e. The number of fused-ring (bicyclic) bond motifs is 9. The van der Waals surface area contributed by atoms with Crippen molar-refractivity contribution in [3.8, 4) is 23.3 Å². The van der Waals surface area contributed by atoms with Crippen LogP contribution in [0.25, 0.3) is 0 Å². The van der Waals surface area contributed by atoms with Crippen LogP contribution in [0.5, 0.6) is 11.5 Å². The third-order valence-electron chi connectivity index (χ3n) is 18.8. The zero-order valence-corrected chi connectivity index (χ0v) is 45.9. The number of nitrogens with two attached hydrogens (primary N) is 2. The van der Waals surface area contributed by atoms with Gasteiger partial charge in [-0.25, -0.2) is 13.4 Å². The Hall–Kier alpha value is -4.16. The smallest absolute Gasteiger partial charge is 0.748 e. The van der Waals surface area contributed by atoms with E-state index >= 15 is 0 Å². The van der Waals surface area contributed by atoms with Gasteiger partial charge < -0.3 is 40.8 Å². The number of guanidine groups is 1. The number of aliphatic hydroxyl groups excluding tert-OH is 1. The van der Waals surface area contributed by atoms with Gasteiger partial charge in [0.1, 0.15) is 17.6 Å². The first-order chi connectivity index (χ1) is 35.1. The minimum absolute atomic E-state index is 0. The van der Waals surface area contributed by atoms with Crippen molar-refractivity contribution < 1.29 is 67.3 Å². The van der Waals surface area contributed by atoms with E-state index in [4.69, 9.17) is 25.9 Å². The summed E-state index contributed by atoms with van der Waals surface area (Å²) in [6.07, 6.45) is 13.8. The molecule has 0 aromatic heterocycles. The van der Waals surface area contributed by atoms with Gasteiger partial charge in [-0.1, -0.05) is 111 Å². The van der Waals surface area contributed by atoms with Crippen LogP contribution in [-0.2, 0) is 33.4 Å². The summed E-state index contributed by atoms with van der Waals surface area (Å²) in [6.45, 7) is 2.09. The summed E-state index contributed by atoms with van der Waals surface area (Å²) in [5.74, 6) is 5.11. The number of nitrogens with zero attached hydrogens (tertiary/aromatic N) is 1. The van der Waals surface area contributed by atoms with Crippen molar-refractivity contribution in [1.82, 2.24) is 0 Å². The number of phenols is 1. The average molecular weight is 1030 g/mol. The number of rotatable bonds is 8. The third-order valence-corrected chi connectivity index (χ3v) is 20.1. The quantitative estimate of drug-likeness (QED) is 0.0308. The molecule has 386 valence electrons. The molecule has 12 atom stereocenters. The minimum atomic E-state index is -4.92. The maximum absolute atomic E-state index is 14.3. The van der Waals surface area contributed by atoms with E-state index in [1.807, 2.05) is 42.5 Å². The van der Waals surface area contributed by atoms with Crippen LogP contribution < -0.4 is 45.8 Å². The zero-order valence-electron chi connectivity index (χ0n) is 43.1. The standard InChI is InChI=1S/C61H73N3O8S.Na/c1-38-13-14-43-31-49-20-22-51(43)53(38)34-55(73(68,69)70)54-33-45-29-44(32-50-28-40(36-65)11-7-12-42-30-48(66)19-21-52(42)57(45)71-50)56(54)41-15-17-46(18-16-41)61(72-49,64-58(62)63)35-47(27-39-9-3-2-4-10-39)60(67)26-8-25-59(37-60)23-5-6-24-59;/h2-4,9-10,15-22,30-31,33,38,40,44,47,50,53-57,65-67H,5-6,8,11,13-14,23-29,32,34-37H2,1H3,(H4,62,63,64)(H,68,69,70);/q;+1/p-1/t38-,40+,44-,47+,50-,53+,54-,55-,56+,57-,60+,61-;/m1./s1. The molecule has 74 heavy (non-hydrogen) atoms. The second-order valence-electron chi connectivity index (χ2n) is 23.5. The van der Waals surface area contributed by atoms with Crippen molar-refractivity contribution in [1.29, 1.82) is 0 Å². The van der Waals surface area contributed by atoms with Crippen LogP contribution in [0.3, 0.4) is 0 Å². The van der Waals surface area contributed by atoms with Gasteiger partial charge in [-0.3, -0.25) is 0 Å². The van der Waals surface area contributed by atoms with Crippen LogP contribution in [0.4, 0.5) is 0 Å². The van der Waals surface area contributed by atoms with E-state index in [9.17, 15) is 28.3 Å². The molecule has 4 aromatic carbocycles. The molecule has 5 aliphatic heterocycles. The van der Waals surface area contributed by atoms with Crippen molar-refractivity contribution in [2.45, 2.75) is 157 Å². The largest absolute Gasteiger partial charge is 1.00 e. The summed E-state index contributed by atoms with van der Waals surface area (Å²) in [4.78, 5) is 5.14. The summed E-state index contributed by atoms with van der Waals surface area (Å²) in [5.41, 5.74) is 17.7. The van der Waals surface area contributed by atoms with Crippen LogP contribution in [-0.4, -0.2) is 57.8 Å². The minimum Gasteiger partial charge on any atom is -0.748 e. The predicted molar refractivity (Wildman–Crippen MR) is 281 cm³/mol. The van der Waals surface area contributed by atoms with Crippen LogP contribution >= 0.6 is 0 Å². The Morgan fingerprint density at radius 1 is 0.932 bits per heavy atom. The number of aromatic hydroxyl groups is 1. The average Bonchev–Trinajstić information content (AvgIpc) is 3.75. The summed E-state index contributed by atoms with van der Waals surface area (Å²) < 4.78 is 57.3. The number of benzene rings is 4. The van der Waals surface area contributed by atoms with E-state index < -0.39 is 44.6 Å². The van der Waals surface area contributed by atoms with Gasteiger partial charge in [0.15, 0.2) is 5.96 Å². The van der Waals surface area contributed by atoms with Gasteiger partial charge >= 0.3 is 29.6 Å². The first-order valence-electron chi connectivity index (χ1n) is 27.1. The second kappa shape index (κ2) is 21.3. The molecular weight excluding hydrogens is 958 g/mol. The van der Waals surface area contributed by atoms with E-state index in [2.05, 4.69) is 61.2 Å². The summed E-state index contributed by atoms with van der Waals surface area (Å²) in [6, 6.07) is 29.7. The van der Waals surface area contributed by atoms with Crippen LogP contribution in [0.2, 0.25) is 0 Å². The Kier molecular flexibility index (Phi) is 15.4. The first kappa shape index (κ1) is 53.2. The van der Waals surface area contributed by atoms with E-state index in [1.165, 1.54) is 12.8 Å². The molecule has 0 amide bonds. The number of aliphatic hydroxyl groups is 2. The van der Waals surface area contributed by atoms with Crippen LogP contribution in [0, 0.1) is 46.8 Å². The van der Waals surface area contributed by atoms with Gasteiger partial charge in [-0.2, -0.15) is 0 Å². The molecule has 13 rings (SSSR count). The molecule has 4 aliphatic carbocycles. The number of ether oxygens (including phenoxy) is 2. The van der Waals surface area contributed by atoms with Crippen molar-refractivity contribution in [2.75, 3.05) is 6.61 Å². The summed E-state index contributed by atoms with van der Waals surface area (Å²) >= 11 is 0. The van der Waals surface area contributed by atoms with Gasteiger partial charge in [0.2, 0.25) is 5.72 Å². The molecule has 4 aromatic rings. The van der Waals surface area contributed by atoms with E-state index in [-0.39, 0.29) is 102 Å². The molecule has 9 aliphatic rings. The third kappa shape index (κ3) is 10.6. The molecule has 10 bridgehead atoms. The number of hydrogen-bond acceptors (Lipinski definition) is 9. The Morgan fingerprint density at radius 3 is 2.43 bits per heavy atom. The Balaban J connectivity index is 0.00000626. The summed E-state index contributed by atoms with van der Waals surface area (Å²) in [7, 11) is -4.92. The normalized spacial score (nSPS) is 32.3. The fourth-order valence-corrected chi connectivity index (χ4v) is 16.5. The molecule has 1 saturated heterocycles. The topological polar surface area (TPSA) is 201 Å². The molecule has 13 heteroatoms. The van der Waals surface area contributed by atoms with Crippen LogP contribution in [0.15, 0.2) is 108 Å². The van der Waals surface area contributed by atoms with E-state index in [0.717, 1.165) is 71.9 Å². The molecule has 2 saturated carbocycles. The molecule has 7 N–H and O–H groups in total. The van der Waals surface area contributed by atoms with Crippen LogP contribution in [0.1, 0.15) is 160 Å². The molecule has 0 radical (unpaired) electrons. The molecular formula is C61H72N3NaO8S. The fourth-order valence-electron chi connectivity index (χ4n) is 15.4. The van der Waals surface area contributed by atoms with E-state index in [1.54, 1.807) is 12.1 Å². The first-order valence-corrected chi connectivity index (χ1v) is 28.6. The zero-order chi connectivity index (χ0) is 50.7. The Labute approximate surface area is 460 Å². The van der Waals surface area contributed by atoms with Crippen molar-refractivity contribution in [3.63, 3.8) is 0 Å². The van der Waals surface area contributed by atoms with Gasteiger partial charge in [0, 0.05) is 36.1 Å². The molecule has 5 heterocycles. The van der Waals surface area contributed by atoms with Crippen molar-refractivity contribution in [2.24, 2.45) is 51.5 Å². The van der Waals surface area contributed by atoms with Crippen molar-refractivity contribution >= 4 is 16.1 Å². The maximum atomic E-state index is 14.3. The van der Waals surface area contributed by atoms with Gasteiger partial charge in [-0.15, -0.1) is 0 Å². The summed E-state index contributed by atoms with van der Waals surface area (Å²) in [5, 5.41) is 33.4. The van der Waals surface area contributed by atoms with Gasteiger partial charge in [-0.05, 0) is 176 Å². The van der Waals surface area contributed by atoms with Gasteiger partial charge in [0.05, 0.1) is 27.1 Å². The molecule has 11 nitrogen and oxygen atoms in total. The SMILES string of the molecule is C[C@@H]1CCc2cc3ccc2[C@H]1C[C@@H](S(=O)(=O)[O-])[C@H]1C=C2C[C@H](C[C@H]4C[C@@H](CO)CC#Cc5cc(O)ccc5[C@@H]2O4)[C@@H]1c1ccc(cc1)[C@](C[C@H](Cc1ccccc1)[C@]1(O)CCCC2(CCCC2)C1)(N=C(N)N)O3.[Na+]. The number of aryl methyl sites for hydroxylation is 1. The molecule has 0 unspecified atom stereocenters.